The third kappa shape index (κ3) is 4.08. The second kappa shape index (κ2) is 7.60. The molecule has 0 bridgehead atoms. The van der Waals surface area contributed by atoms with E-state index in [1.807, 2.05) is 38.1 Å². The summed E-state index contributed by atoms with van der Waals surface area (Å²) in [6.07, 6.45) is 1.88. The SMILES string of the molecule is CCOc1ccc(N(CC(=O)N2c3ccccc3C[C@@H]2C)S(C)(=O)=O)cc1. The van der Waals surface area contributed by atoms with Crippen molar-refractivity contribution in [2.24, 2.45) is 0 Å². The highest BCUT2D eigenvalue weighted by Crippen LogP contribution is 2.32. The molecule has 1 heterocycles. The van der Waals surface area contributed by atoms with Crippen molar-refractivity contribution in [3.8, 4) is 5.75 Å². The number of sulfonamides is 1. The van der Waals surface area contributed by atoms with Crippen molar-refractivity contribution in [3.05, 3.63) is 54.1 Å². The van der Waals surface area contributed by atoms with E-state index in [4.69, 9.17) is 4.74 Å². The Labute approximate surface area is 160 Å². The lowest BCUT2D eigenvalue weighted by Gasteiger charge is -2.28. The van der Waals surface area contributed by atoms with E-state index >= 15 is 0 Å². The maximum atomic E-state index is 13.0. The van der Waals surface area contributed by atoms with Crippen LogP contribution in [0.4, 0.5) is 11.4 Å². The summed E-state index contributed by atoms with van der Waals surface area (Å²) < 4.78 is 31.2. The summed E-state index contributed by atoms with van der Waals surface area (Å²) in [6, 6.07) is 14.4. The minimum Gasteiger partial charge on any atom is -0.494 e. The topological polar surface area (TPSA) is 66.9 Å². The van der Waals surface area contributed by atoms with Crippen LogP contribution in [0.3, 0.4) is 0 Å². The lowest BCUT2D eigenvalue weighted by Crippen LogP contribution is -2.45. The summed E-state index contributed by atoms with van der Waals surface area (Å²) in [5, 5.41) is 0. The average Bonchev–Trinajstić information content (AvgIpc) is 2.95. The molecule has 6 nitrogen and oxygen atoms in total. The lowest BCUT2D eigenvalue weighted by molar-refractivity contribution is -0.117. The molecule has 1 aliphatic rings. The second-order valence-electron chi connectivity index (χ2n) is 6.64. The van der Waals surface area contributed by atoms with E-state index in [0.717, 1.165) is 28.2 Å². The Hall–Kier alpha value is -2.54. The monoisotopic (exact) mass is 388 g/mol. The Kier molecular flexibility index (Phi) is 5.41. The van der Waals surface area contributed by atoms with Crippen LogP contribution in [0.1, 0.15) is 19.4 Å². The molecule has 7 heteroatoms. The van der Waals surface area contributed by atoms with Gasteiger partial charge in [0.25, 0.3) is 0 Å². The van der Waals surface area contributed by atoms with Crippen molar-refractivity contribution in [1.29, 1.82) is 0 Å². The predicted octanol–water partition coefficient (Wildman–Crippen LogP) is 2.83. The Morgan fingerprint density at radius 1 is 1.19 bits per heavy atom. The van der Waals surface area contributed by atoms with Gasteiger partial charge in [0, 0.05) is 11.7 Å². The van der Waals surface area contributed by atoms with Gasteiger partial charge in [-0.25, -0.2) is 8.42 Å². The van der Waals surface area contributed by atoms with Gasteiger partial charge < -0.3 is 9.64 Å². The molecule has 2 aromatic rings. The molecule has 0 spiro atoms. The van der Waals surface area contributed by atoms with Crippen LogP contribution in [0.2, 0.25) is 0 Å². The van der Waals surface area contributed by atoms with Gasteiger partial charge in [-0.2, -0.15) is 0 Å². The van der Waals surface area contributed by atoms with Crippen molar-refractivity contribution in [1.82, 2.24) is 0 Å². The molecule has 2 aromatic carbocycles. The third-order valence-electron chi connectivity index (χ3n) is 4.59. The van der Waals surface area contributed by atoms with Gasteiger partial charge in [0.2, 0.25) is 15.9 Å². The molecule has 144 valence electrons. The number of carbonyl (C=O) groups is 1. The molecular formula is C20H24N2O4S. The van der Waals surface area contributed by atoms with Gasteiger partial charge >= 0.3 is 0 Å². The molecule has 1 atom stereocenters. The number of hydrogen-bond acceptors (Lipinski definition) is 4. The number of fused-ring (bicyclic) bond motifs is 1. The van der Waals surface area contributed by atoms with Crippen molar-refractivity contribution < 1.29 is 17.9 Å². The van der Waals surface area contributed by atoms with Gasteiger partial charge in [-0.3, -0.25) is 9.10 Å². The van der Waals surface area contributed by atoms with Gasteiger partial charge in [-0.1, -0.05) is 18.2 Å². The molecule has 0 fully saturated rings. The molecule has 0 aromatic heterocycles. The highest BCUT2D eigenvalue weighted by molar-refractivity contribution is 7.92. The van der Waals surface area contributed by atoms with Gasteiger partial charge in [-0.15, -0.1) is 0 Å². The number of nitrogens with zero attached hydrogens (tertiary/aromatic N) is 2. The van der Waals surface area contributed by atoms with Gasteiger partial charge in [0.05, 0.1) is 18.6 Å². The molecule has 1 amide bonds. The zero-order valence-corrected chi connectivity index (χ0v) is 16.6. The maximum absolute atomic E-state index is 13.0. The zero-order valence-electron chi connectivity index (χ0n) is 15.8. The fraction of sp³-hybridized carbons (Fsp3) is 0.350. The molecule has 0 aliphatic carbocycles. The highest BCUT2D eigenvalue weighted by Gasteiger charge is 2.33. The first-order valence-corrected chi connectivity index (χ1v) is 10.8. The van der Waals surface area contributed by atoms with Crippen LogP contribution < -0.4 is 13.9 Å². The Morgan fingerprint density at radius 2 is 1.85 bits per heavy atom. The molecule has 0 saturated heterocycles. The summed E-state index contributed by atoms with van der Waals surface area (Å²) >= 11 is 0. The minimum atomic E-state index is -3.62. The van der Waals surface area contributed by atoms with Crippen molar-refractivity contribution in [3.63, 3.8) is 0 Å². The fourth-order valence-electron chi connectivity index (χ4n) is 3.42. The van der Waals surface area contributed by atoms with E-state index in [-0.39, 0.29) is 18.5 Å². The number of carbonyl (C=O) groups excluding carboxylic acids is 1. The Bertz CT molecular complexity index is 925. The zero-order chi connectivity index (χ0) is 19.6. The van der Waals surface area contributed by atoms with Crippen LogP contribution in [0.5, 0.6) is 5.75 Å². The number of rotatable bonds is 6. The molecule has 27 heavy (non-hydrogen) atoms. The number of anilines is 2. The summed E-state index contributed by atoms with van der Waals surface area (Å²) in [6.45, 7) is 4.13. The first-order chi connectivity index (χ1) is 12.8. The standard InChI is InChI=1S/C20H24N2O4S/c1-4-26-18-11-9-17(10-12-18)21(27(3,24)25)14-20(23)22-15(2)13-16-7-5-6-8-19(16)22/h5-12,15H,4,13-14H2,1-3H3/t15-/m0/s1. The van der Waals surface area contributed by atoms with E-state index in [1.54, 1.807) is 29.2 Å². The number of ether oxygens (including phenoxy) is 1. The van der Waals surface area contributed by atoms with E-state index in [1.165, 1.54) is 0 Å². The highest BCUT2D eigenvalue weighted by atomic mass is 32.2. The van der Waals surface area contributed by atoms with Crippen molar-refractivity contribution in [2.45, 2.75) is 26.3 Å². The normalized spacial score (nSPS) is 16.1. The summed E-state index contributed by atoms with van der Waals surface area (Å²) in [4.78, 5) is 14.7. The molecule has 0 radical (unpaired) electrons. The molecule has 0 N–H and O–H groups in total. The van der Waals surface area contributed by atoms with Gasteiger partial charge in [0.1, 0.15) is 12.3 Å². The number of benzene rings is 2. The molecule has 0 saturated carbocycles. The van der Waals surface area contributed by atoms with Crippen LogP contribution in [0.15, 0.2) is 48.5 Å². The molecule has 1 aliphatic heterocycles. The summed E-state index contributed by atoms with van der Waals surface area (Å²) in [7, 11) is -3.62. The van der Waals surface area contributed by atoms with E-state index in [9.17, 15) is 13.2 Å². The first-order valence-electron chi connectivity index (χ1n) is 8.91. The van der Waals surface area contributed by atoms with Crippen LogP contribution in [-0.4, -0.2) is 39.8 Å². The predicted molar refractivity (Wildman–Crippen MR) is 107 cm³/mol. The van der Waals surface area contributed by atoms with Gasteiger partial charge in [0.15, 0.2) is 0 Å². The largest absolute Gasteiger partial charge is 0.494 e. The van der Waals surface area contributed by atoms with Crippen LogP contribution in [-0.2, 0) is 21.2 Å². The van der Waals surface area contributed by atoms with Crippen LogP contribution in [0, 0.1) is 0 Å². The molecular weight excluding hydrogens is 364 g/mol. The molecule has 0 unspecified atom stereocenters. The van der Waals surface area contributed by atoms with Gasteiger partial charge in [-0.05, 0) is 56.2 Å². The quantitative estimate of drug-likeness (QED) is 0.763. The number of hydrogen-bond donors (Lipinski definition) is 0. The number of amides is 1. The molecule has 3 rings (SSSR count). The van der Waals surface area contributed by atoms with Crippen LogP contribution in [0.25, 0.3) is 0 Å². The number of para-hydroxylation sites is 1. The maximum Gasteiger partial charge on any atom is 0.248 e. The fourth-order valence-corrected chi connectivity index (χ4v) is 4.27. The summed E-state index contributed by atoms with van der Waals surface area (Å²) in [5.74, 6) is 0.412. The van der Waals surface area contributed by atoms with Crippen LogP contribution >= 0.6 is 0 Å². The summed E-state index contributed by atoms with van der Waals surface area (Å²) in [5.41, 5.74) is 2.40. The third-order valence-corrected chi connectivity index (χ3v) is 5.73. The first kappa shape index (κ1) is 19.2. The van der Waals surface area contributed by atoms with E-state index in [2.05, 4.69) is 0 Å². The Balaban J connectivity index is 1.86. The second-order valence-corrected chi connectivity index (χ2v) is 8.55. The minimum absolute atomic E-state index is 0.00311. The van der Waals surface area contributed by atoms with E-state index in [0.29, 0.717) is 18.0 Å². The Morgan fingerprint density at radius 3 is 2.48 bits per heavy atom. The van der Waals surface area contributed by atoms with Crippen molar-refractivity contribution in [2.75, 3.05) is 28.6 Å². The average molecular weight is 388 g/mol. The lowest BCUT2D eigenvalue weighted by atomic mass is 10.1. The smallest absolute Gasteiger partial charge is 0.248 e. The van der Waals surface area contributed by atoms with Crippen molar-refractivity contribution >= 4 is 27.3 Å². The van der Waals surface area contributed by atoms with E-state index < -0.39 is 10.0 Å².